The average Bonchev–Trinajstić information content (AvgIpc) is 2.25. The van der Waals surface area contributed by atoms with Crippen LogP contribution in [0.25, 0.3) is 0 Å². The topological polar surface area (TPSA) is 64.3 Å². The molecule has 0 aliphatic carbocycles. The fourth-order valence-corrected chi connectivity index (χ4v) is 1.08. The normalized spacial score (nSPS) is 9.93. The molecule has 0 aromatic heterocycles. The van der Waals surface area contributed by atoms with Crippen molar-refractivity contribution in [1.29, 1.82) is 0 Å². The van der Waals surface area contributed by atoms with Gasteiger partial charge in [-0.2, -0.15) is 0 Å². The molecular weight excluding hydrogens is 192 g/mol. The van der Waals surface area contributed by atoms with E-state index >= 15 is 0 Å². The van der Waals surface area contributed by atoms with Crippen LogP contribution in [0.4, 0.5) is 5.69 Å². The van der Waals surface area contributed by atoms with E-state index in [1.165, 1.54) is 0 Å². The van der Waals surface area contributed by atoms with E-state index < -0.39 is 0 Å². The molecule has 0 bridgehead atoms. The van der Waals surface area contributed by atoms with E-state index in [-0.39, 0.29) is 12.5 Å². The fraction of sp³-hybridized carbons (Fsp3) is 0.364. The van der Waals surface area contributed by atoms with E-state index in [0.717, 1.165) is 11.3 Å². The van der Waals surface area contributed by atoms with E-state index in [9.17, 15) is 4.79 Å². The Labute approximate surface area is 89.4 Å². The Balaban J connectivity index is 2.30. The summed E-state index contributed by atoms with van der Waals surface area (Å²) in [6.45, 7) is 3.03. The third-order valence-corrected chi connectivity index (χ3v) is 1.91. The molecule has 4 nitrogen and oxygen atoms in total. The number of carbonyl (C=O) groups excluding carboxylic acids is 1. The number of nitrogens with one attached hydrogen (secondary N) is 1. The van der Waals surface area contributed by atoms with Gasteiger partial charge in [-0.25, -0.2) is 0 Å². The van der Waals surface area contributed by atoms with Crippen molar-refractivity contribution in [2.45, 2.75) is 13.5 Å². The second-order valence-corrected chi connectivity index (χ2v) is 3.16. The van der Waals surface area contributed by atoms with Crippen LogP contribution < -0.4 is 11.1 Å². The maximum atomic E-state index is 11.2. The van der Waals surface area contributed by atoms with E-state index in [0.29, 0.717) is 13.2 Å². The highest BCUT2D eigenvalue weighted by atomic mass is 16.5. The van der Waals surface area contributed by atoms with Crippen LogP contribution in [0.15, 0.2) is 24.3 Å². The zero-order chi connectivity index (χ0) is 11.1. The van der Waals surface area contributed by atoms with Gasteiger partial charge in [0.2, 0.25) is 5.91 Å². The van der Waals surface area contributed by atoms with Gasteiger partial charge in [0.15, 0.2) is 0 Å². The highest BCUT2D eigenvalue weighted by molar-refractivity contribution is 5.77. The Morgan fingerprint density at radius 2 is 2.07 bits per heavy atom. The van der Waals surface area contributed by atoms with Crippen LogP contribution in [0.2, 0.25) is 0 Å². The zero-order valence-corrected chi connectivity index (χ0v) is 8.82. The van der Waals surface area contributed by atoms with Gasteiger partial charge in [-0.3, -0.25) is 4.79 Å². The molecule has 0 spiro atoms. The van der Waals surface area contributed by atoms with E-state index in [4.69, 9.17) is 10.5 Å². The van der Waals surface area contributed by atoms with Crippen molar-refractivity contribution in [2.75, 3.05) is 18.9 Å². The van der Waals surface area contributed by atoms with E-state index in [1.54, 1.807) is 0 Å². The molecule has 1 aromatic carbocycles. The maximum Gasteiger partial charge on any atom is 0.246 e. The summed E-state index contributed by atoms with van der Waals surface area (Å²) in [5, 5.41) is 2.75. The highest BCUT2D eigenvalue weighted by Gasteiger charge is 2.00. The van der Waals surface area contributed by atoms with Crippen molar-refractivity contribution in [2.24, 2.45) is 0 Å². The number of hydrogen-bond donors (Lipinski definition) is 2. The van der Waals surface area contributed by atoms with E-state index in [1.807, 2.05) is 31.2 Å². The third-order valence-electron chi connectivity index (χ3n) is 1.91. The summed E-state index contributed by atoms with van der Waals surface area (Å²) in [5.74, 6) is -0.103. The van der Waals surface area contributed by atoms with Crippen molar-refractivity contribution in [3.05, 3.63) is 29.8 Å². The van der Waals surface area contributed by atoms with Crippen LogP contribution in [0.5, 0.6) is 0 Å². The van der Waals surface area contributed by atoms with Crippen LogP contribution in [0.3, 0.4) is 0 Å². The smallest absolute Gasteiger partial charge is 0.246 e. The predicted molar refractivity (Wildman–Crippen MR) is 59.2 cm³/mol. The first-order valence-electron chi connectivity index (χ1n) is 4.91. The quantitative estimate of drug-likeness (QED) is 0.707. The number of hydrogen-bond acceptors (Lipinski definition) is 3. The molecule has 0 saturated heterocycles. The Morgan fingerprint density at radius 3 is 2.67 bits per heavy atom. The van der Waals surface area contributed by atoms with Gasteiger partial charge in [0.05, 0.1) is 0 Å². The largest absolute Gasteiger partial charge is 0.399 e. The number of ether oxygens (including phenoxy) is 1. The number of rotatable bonds is 5. The summed E-state index contributed by atoms with van der Waals surface area (Å²) >= 11 is 0. The van der Waals surface area contributed by atoms with Gasteiger partial charge in [0.1, 0.15) is 6.61 Å². The molecule has 1 amide bonds. The lowest BCUT2D eigenvalue weighted by molar-refractivity contribution is -0.125. The van der Waals surface area contributed by atoms with Crippen molar-refractivity contribution in [3.63, 3.8) is 0 Å². The lowest BCUT2D eigenvalue weighted by Gasteiger charge is -2.05. The first-order chi connectivity index (χ1) is 7.22. The molecule has 0 aliphatic heterocycles. The molecule has 0 atom stereocenters. The minimum atomic E-state index is -0.103. The van der Waals surface area contributed by atoms with Gasteiger partial charge in [0, 0.05) is 18.8 Å². The molecule has 0 aliphatic rings. The van der Waals surface area contributed by atoms with Crippen LogP contribution >= 0.6 is 0 Å². The van der Waals surface area contributed by atoms with Gasteiger partial charge in [0.25, 0.3) is 0 Å². The lowest BCUT2D eigenvalue weighted by Crippen LogP contribution is -2.27. The van der Waals surface area contributed by atoms with Crippen LogP contribution in [-0.4, -0.2) is 19.1 Å². The molecule has 3 N–H and O–H groups in total. The number of nitrogens with two attached hydrogens (primary N) is 1. The number of anilines is 1. The minimum absolute atomic E-state index is 0.103. The third kappa shape index (κ3) is 4.46. The number of benzene rings is 1. The molecule has 1 rings (SSSR count). The second-order valence-electron chi connectivity index (χ2n) is 3.16. The number of carbonyl (C=O) groups is 1. The fourth-order valence-electron chi connectivity index (χ4n) is 1.08. The molecule has 82 valence electrons. The Hall–Kier alpha value is -1.55. The SMILES string of the molecule is CCOCC(=O)NCc1ccc(N)cc1. The Morgan fingerprint density at radius 1 is 1.40 bits per heavy atom. The van der Waals surface area contributed by atoms with Crippen molar-refractivity contribution < 1.29 is 9.53 Å². The van der Waals surface area contributed by atoms with Crippen molar-refractivity contribution in [1.82, 2.24) is 5.32 Å². The van der Waals surface area contributed by atoms with Crippen LogP contribution in [0.1, 0.15) is 12.5 Å². The summed E-state index contributed by atoms with van der Waals surface area (Å²) in [6.07, 6.45) is 0. The molecule has 0 saturated carbocycles. The standard InChI is InChI=1S/C11H16N2O2/c1-2-15-8-11(14)13-7-9-3-5-10(12)6-4-9/h3-6H,2,7-8,12H2,1H3,(H,13,14). The average molecular weight is 208 g/mol. The molecule has 15 heavy (non-hydrogen) atoms. The van der Waals surface area contributed by atoms with Crippen molar-refractivity contribution in [3.8, 4) is 0 Å². The van der Waals surface area contributed by atoms with Gasteiger partial charge < -0.3 is 15.8 Å². The maximum absolute atomic E-state index is 11.2. The summed E-state index contributed by atoms with van der Waals surface area (Å²) in [6, 6.07) is 7.39. The first-order valence-corrected chi connectivity index (χ1v) is 4.91. The molecule has 4 heteroatoms. The van der Waals surface area contributed by atoms with Gasteiger partial charge in [-0.15, -0.1) is 0 Å². The molecule has 0 radical (unpaired) electrons. The summed E-state index contributed by atoms with van der Waals surface area (Å²) < 4.78 is 4.97. The summed E-state index contributed by atoms with van der Waals surface area (Å²) in [4.78, 5) is 11.2. The summed E-state index contributed by atoms with van der Waals surface area (Å²) in [7, 11) is 0. The van der Waals surface area contributed by atoms with Crippen LogP contribution in [-0.2, 0) is 16.1 Å². The first kappa shape index (κ1) is 11.5. The molecule has 1 aromatic rings. The van der Waals surface area contributed by atoms with Gasteiger partial charge in [-0.05, 0) is 24.6 Å². The van der Waals surface area contributed by atoms with Gasteiger partial charge >= 0.3 is 0 Å². The summed E-state index contributed by atoms with van der Waals surface area (Å²) in [5.41, 5.74) is 7.28. The molecule has 0 heterocycles. The zero-order valence-electron chi connectivity index (χ0n) is 8.82. The highest BCUT2D eigenvalue weighted by Crippen LogP contribution is 2.04. The lowest BCUT2D eigenvalue weighted by atomic mass is 10.2. The van der Waals surface area contributed by atoms with Crippen LogP contribution in [0, 0.1) is 0 Å². The second kappa shape index (κ2) is 6.03. The van der Waals surface area contributed by atoms with Gasteiger partial charge in [-0.1, -0.05) is 12.1 Å². The number of amides is 1. The molecule has 0 unspecified atom stereocenters. The molecular formula is C11H16N2O2. The van der Waals surface area contributed by atoms with E-state index in [2.05, 4.69) is 5.32 Å². The molecule has 0 fully saturated rings. The monoisotopic (exact) mass is 208 g/mol. The Bertz CT molecular complexity index is 309. The number of nitrogen functional groups attached to an aromatic ring is 1. The van der Waals surface area contributed by atoms with Crippen molar-refractivity contribution >= 4 is 11.6 Å². The minimum Gasteiger partial charge on any atom is -0.399 e. The predicted octanol–water partition coefficient (Wildman–Crippen LogP) is 0.921. The Kier molecular flexibility index (Phi) is 4.63.